The quantitative estimate of drug-likeness (QED) is 0.414. The van der Waals surface area contributed by atoms with Gasteiger partial charge in [0, 0.05) is 26.9 Å². The third-order valence-electron chi connectivity index (χ3n) is 3.05. The van der Waals surface area contributed by atoms with Gasteiger partial charge in [-0.3, -0.25) is 0 Å². The number of hydrogen-bond acceptors (Lipinski definition) is 2. The summed E-state index contributed by atoms with van der Waals surface area (Å²) in [5.74, 6) is 0. The molecule has 4 rings (SSSR count). The van der Waals surface area contributed by atoms with Crippen LogP contribution in [0.15, 0.2) is 35.0 Å². The highest BCUT2D eigenvalue weighted by atomic mass is 32.1. The average molecular weight is 228 g/mol. The van der Waals surface area contributed by atoms with Gasteiger partial charge in [0.25, 0.3) is 0 Å². The normalized spacial score (nSPS) is 13.1. The molecule has 0 aliphatic heterocycles. The Kier molecular flexibility index (Phi) is 1.46. The Morgan fingerprint density at radius 2 is 2.00 bits per heavy atom. The molecular formula is C13H8S2. The van der Waals surface area contributed by atoms with Crippen molar-refractivity contribution in [3.63, 3.8) is 0 Å². The monoisotopic (exact) mass is 228 g/mol. The third-order valence-corrected chi connectivity index (χ3v) is 5.03. The van der Waals surface area contributed by atoms with Crippen molar-refractivity contribution in [3.05, 3.63) is 46.2 Å². The van der Waals surface area contributed by atoms with Crippen molar-refractivity contribution in [1.29, 1.82) is 0 Å². The summed E-state index contributed by atoms with van der Waals surface area (Å²) >= 11 is 3.74. The van der Waals surface area contributed by atoms with Crippen LogP contribution in [0.1, 0.15) is 11.1 Å². The van der Waals surface area contributed by atoms with E-state index in [0.29, 0.717) is 0 Å². The second-order valence-corrected chi connectivity index (χ2v) is 5.72. The van der Waals surface area contributed by atoms with Gasteiger partial charge in [-0.15, -0.1) is 22.7 Å². The SMILES string of the molecule is c1cc2c3c(csc3c1)Cc1ccsc1-2. The van der Waals surface area contributed by atoms with Crippen LogP contribution in [-0.4, -0.2) is 0 Å². The molecule has 1 aliphatic carbocycles. The fourth-order valence-electron chi connectivity index (χ4n) is 2.39. The summed E-state index contributed by atoms with van der Waals surface area (Å²) in [6.07, 6.45) is 1.12. The summed E-state index contributed by atoms with van der Waals surface area (Å²) in [5, 5.41) is 6.02. The molecule has 2 heteroatoms. The summed E-state index contributed by atoms with van der Waals surface area (Å²) in [6.45, 7) is 0. The van der Waals surface area contributed by atoms with E-state index in [2.05, 4.69) is 35.0 Å². The minimum Gasteiger partial charge on any atom is -0.144 e. The van der Waals surface area contributed by atoms with Crippen molar-refractivity contribution in [2.45, 2.75) is 6.42 Å². The lowest BCUT2D eigenvalue weighted by Gasteiger charge is -2.12. The highest BCUT2D eigenvalue weighted by Crippen LogP contribution is 2.44. The molecule has 0 N–H and O–H groups in total. The molecule has 2 aromatic heterocycles. The maximum Gasteiger partial charge on any atom is 0.0384 e. The maximum atomic E-state index is 2.31. The van der Waals surface area contributed by atoms with E-state index in [1.807, 2.05) is 22.7 Å². The predicted molar refractivity (Wildman–Crippen MR) is 67.9 cm³/mol. The van der Waals surface area contributed by atoms with Gasteiger partial charge >= 0.3 is 0 Å². The molecular weight excluding hydrogens is 220 g/mol. The van der Waals surface area contributed by atoms with Crippen molar-refractivity contribution in [1.82, 2.24) is 0 Å². The molecule has 0 atom stereocenters. The lowest BCUT2D eigenvalue weighted by atomic mass is 9.93. The number of rotatable bonds is 0. The largest absolute Gasteiger partial charge is 0.144 e. The molecule has 0 unspecified atom stereocenters. The van der Waals surface area contributed by atoms with Crippen LogP contribution in [0.2, 0.25) is 0 Å². The first-order valence-electron chi connectivity index (χ1n) is 4.99. The van der Waals surface area contributed by atoms with E-state index < -0.39 is 0 Å². The Morgan fingerprint density at radius 1 is 1.00 bits per heavy atom. The summed E-state index contributed by atoms with van der Waals surface area (Å²) in [4.78, 5) is 1.48. The standard InChI is InChI=1S/C13H8S2/c1-2-10-12-9(7-15-11(12)3-1)6-8-4-5-14-13(8)10/h1-5,7H,6H2. The second kappa shape index (κ2) is 2.71. The van der Waals surface area contributed by atoms with Gasteiger partial charge in [-0.05, 0) is 34.0 Å². The number of hydrogen-bond donors (Lipinski definition) is 0. The lowest BCUT2D eigenvalue weighted by Crippen LogP contribution is -1.93. The van der Waals surface area contributed by atoms with Crippen molar-refractivity contribution in [2.75, 3.05) is 0 Å². The molecule has 0 amide bonds. The van der Waals surface area contributed by atoms with Gasteiger partial charge in [0.15, 0.2) is 0 Å². The molecule has 15 heavy (non-hydrogen) atoms. The van der Waals surface area contributed by atoms with E-state index in [1.165, 1.54) is 31.7 Å². The van der Waals surface area contributed by atoms with Crippen LogP contribution in [0, 0.1) is 0 Å². The number of benzene rings is 1. The molecule has 3 aromatic rings. The van der Waals surface area contributed by atoms with E-state index in [-0.39, 0.29) is 0 Å². The van der Waals surface area contributed by atoms with E-state index >= 15 is 0 Å². The van der Waals surface area contributed by atoms with Crippen LogP contribution < -0.4 is 0 Å². The molecule has 0 bridgehead atoms. The van der Waals surface area contributed by atoms with Gasteiger partial charge in [-0.1, -0.05) is 12.1 Å². The van der Waals surface area contributed by atoms with Gasteiger partial charge in [0.2, 0.25) is 0 Å². The fraction of sp³-hybridized carbons (Fsp3) is 0.0769. The second-order valence-electron chi connectivity index (χ2n) is 3.89. The van der Waals surface area contributed by atoms with Crippen LogP contribution in [0.5, 0.6) is 0 Å². The zero-order valence-corrected chi connectivity index (χ0v) is 9.62. The average Bonchev–Trinajstić information content (AvgIpc) is 2.87. The zero-order chi connectivity index (χ0) is 9.83. The molecule has 0 spiro atoms. The topological polar surface area (TPSA) is 0 Å². The minimum atomic E-state index is 1.12. The highest BCUT2D eigenvalue weighted by Gasteiger charge is 2.19. The molecule has 0 saturated carbocycles. The molecule has 1 aromatic carbocycles. The fourth-order valence-corrected chi connectivity index (χ4v) is 4.33. The molecule has 1 aliphatic rings. The van der Waals surface area contributed by atoms with Gasteiger partial charge in [-0.25, -0.2) is 0 Å². The van der Waals surface area contributed by atoms with Gasteiger partial charge in [0.05, 0.1) is 0 Å². The zero-order valence-electron chi connectivity index (χ0n) is 7.99. The van der Waals surface area contributed by atoms with Crippen LogP contribution in [0.4, 0.5) is 0 Å². The van der Waals surface area contributed by atoms with Crippen molar-refractivity contribution in [3.8, 4) is 10.4 Å². The number of thiophene rings is 2. The Balaban J connectivity index is 2.25. The van der Waals surface area contributed by atoms with Gasteiger partial charge in [-0.2, -0.15) is 0 Å². The van der Waals surface area contributed by atoms with E-state index in [9.17, 15) is 0 Å². The molecule has 72 valence electrons. The van der Waals surface area contributed by atoms with Crippen molar-refractivity contribution < 1.29 is 0 Å². The van der Waals surface area contributed by atoms with Crippen LogP contribution in [0.25, 0.3) is 20.5 Å². The Morgan fingerprint density at radius 3 is 3.00 bits per heavy atom. The van der Waals surface area contributed by atoms with E-state index in [1.54, 1.807) is 0 Å². The van der Waals surface area contributed by atoms with Crippen molar-refractivity contribution >= 4 is 32.8 Å². The summed E-state index contributed by atoms with van der Waals surface area (Å²) in [6, 6.07) is 8.92. The first kappa shape index (κ1) is 8.08. The third kappa shape index (κ3) is 0.959. The first-order valence-corrected chi connectivity index (χ1v) is 6.75. The predicted octanol–water partition coefficient (Wildman–Crippen LogP) is 4.53. The maximum absolute atomic E-state index is 2.31. The molecule has 0 fully saturated rings. The van der Waals surface area contributed by atoms with Gasteiger partial charge in [0.1, 0.15) is 0 Å². The Bertz CT molecular complexity index is 658. The number of fused-ring (bicyclic) bond motifs is 2. The van der Waals surface area contributed by atoms with Crippen LogP contribution in [-0.2, 0) is 6.42 Å². The smallest absolute Gasteiger partial charge is 0.0384 e. The van der Waals surface area contributed by atoms with E-state index in [0.717, 1.165) is 6.42 Å². The lowest BCUT2D eigenvalue weighted by molar-refractivity contribution is 1.23. The summed E-state index contributed by atoms with van der Waals surface area (Å²) < 4.78 is 1.43. The summed E-state index contributed by atoms with van der Waals surface area (Å²) in [5.41, 5.74) is 4.45. The van der Waals surface area contributed by atoms with Crippen molar-refractivity contribution in [2.24, 2.45) is 0 Å². The Labute approximate surface area is 95.8 Å². The van der Waals surface area contributed by atoms with Crippen LogP contribution >= 0.6 is 22.7 Å². The first-order chi connectivity index (χ1) is 7.43. The van der Waals surface area contributed by atoms with E-state index in [4.69, 9.17) is 0 Å². The molecule has 2 heterocycles. The van der Waals surface area contributed by atoms with Gasteiger partial charge < -0.3 is 0 Å². The summed E-state index contributed by atoms with van der Waals surface area (Å²) in [7, 11) is 0. The highest BCUT2D eigenvalue weighted by molar-refractivity contribution is 7.18. The van der Waals surface area contributed by atoms with Crippen LogP contribution in [0.3, 0.4) is 0 Å². The molecule has 0 saturated heterocycles. The molecule has 0 radical (unpaired) electrons. The molecule has 0 nitrogen and oxygen atoms in total. The minimum absolute atomic E-state index is 1.12. The Hall–Kier alpha value is -1.12.